The minimum absolute atomic E-state index is 0.200. The third-order valence-corrected chi connectivity index (χ3v) is 8.04. The van der Waals surface area contributed by atoms with Gasteiger partial charge in [-0.05, 0) is 24.3 Å². The normalized spacial score (nSPS) is 11.7. The molecule has 0 aliphatic heterocycles. The van der Waals surface area contributed by atoms with Crippen LogP contribution in [0.4, 0.5) is 0 Å². The Bertz CT molecular complexity index is 1150. The first-order valence-corrected chi connectivity index (χ1v) is 12.5. The number of nitrogens with zero attached hydrogens (tertiary/aromatic N) is 4. The molecule has 0 radical (unpaired) electrons. The van der Waals surface area contributed by atoms with Crippen LogP contribution in [0.2, 0.25) is 10.0 Å². The van der Waals surface area contributed by atoms with E-state index >= 15 is 0 Å². The summed E-state index contributed by atoms with van der Waals surface area (Å²) in [5, 5.41) is 19.6. The van der Waals surface area contributed by atoms with Crippen molar-refractivity contribution in [3.63, 3.8) is 0 Å². The van der Waals surface area contributed by atoms with E-state index in [-0.39, 0.29) is 11.5 Å². The Morgan fingerprint density at radius 1 is 0.655 bits per heavy atom. The number of rotatable bonds is 6. The second-order valence-electron chi connectivity index (χ2n) is 6.05. The van der Waals surface area contributed by atoms with Crippen LogP contribution >= 0.6 is 45.9 Å². The van der Waals surface area contributed by atoms with Gasteiger partial charge in [-0.3, -0.25) is 0 Å². The number of hydrogen-bond acceptors (Lipinski definition) is 8. The van der Waals surface area contributed by atoms with Crippen LogP contribution in [-0.2, 0) is 21.3 Å². The van der Waals surface area contributed by atoms with Crippen LogP contribution < -0.4 is 0 Å². The molecule has 2 aromatic heterocycles. The zero-order chi connectivity index (χ0) is 20.4. The molecule has 0 bridgehead atoms. The molecule has 0 aliphatic rings. The third-order valence-electron chi connectivity index (χ3n) is 3.80. The first kappa shape index (κ1) is 20.4. The monoisotopic (exact) mass is 482 g/mol. The minimum atomic E-state index is -3.47. The quantitative estimate of drug-likeness (QED) is 0.377. The Balaban J connectivity index is 1.46. The molecule has 4 rings (SSSR count). The molecule has 0 unspecified atom stereocenters. The van der Waals surface area contributed by atoms with E-state index in [1.165, 1.54) is 22.7 Å². The maximum Gasteiger partial charge on any atom is 0.163 e. The summed E-state index contributed by atoms with van der Waals surface area (Å²) < 4.78 is 25.2. The SMILES string of the molecule is O=S(=O)(Cc1nnc(-c2ccc(Cl)cc2)s1)Cc1nnc(-c2ccc(Cl)cc2)s1. The topological polar surface area (TPSA) is 85.7 Å². The lowest BCUT2D eigenvalue weighted by Gasteiger charge is -1.98. The summed E-state index contributed by atoms with van der Waals surface area (Å²) >= 11 is 14.3. The van der Waals surface area contributed by atoms with E-state index in [0.29, 0.717) is 30.1 Å². The molecule has 6 nitrogen and oxygen atoms in total. The molecule has 29 heavy (non-hydrogen) atoms. The van der Waals surface area contributed by atoms with Crippen molar-refractivity contribution >= 4 is 55.7 Å². The van der Waals surface area contributed by atoms with Crippen LogP contribution in [0.5, 0.6) is 0 Å². The van der Waals surface area contributed by atoms with E-state index in [1.54, 1.807) is 24.3 Å². The van der Waals surface area contributed by atoms with Gasteiger partial charge in [0.05, 0.1) is 0 Å². The molecule has 0 N–H and O–H groups in total. The highest BCUT2D eigenvalue weighted by Crippen LogP contribution is 2.28. The van der Waals surface area contributed by atoms with Gasteiger partial charge in [0.2, 0.25) is 0 Å². The van der Waals surface area contributed by atoms with Gasteiger partial charge in [-0.25, -0.2) is 8.42 Å². The third kappa shape index (κ3) is 5.18. The lowest BCUT2D eigenvalue weighted by molar-refractivity contribution is 0.593. The molecular formula is C18H12Cl2N4O2S3. The fraction of sp³-hybridized carbons (Fsp3) is 0.111. The molecule has 4 aromatic rings. The second kappa shape index (κ2) is 8.45. The zero-order valence-corrected chi connectivity index (χ0v) is 18.6. The number of hydrogen-bond donors (Lipinski definition) is 0. The van der Waals surface area contributed by atoms with Gasteiger partial charge in [0, 0.05) is 21.2 Å². The van der Waals surface area contributed by atoms with Gasteiger partial charge in [-0.1, -0.05) is 70.1 Å². The zero-order valence-electron chi connectivity index (χ0n) is 14.6. The first-order chi connectivity index (χ1) is 13.9. The molecule has 148 valence electrons. The first-order valence-electron chi connectivity index (χ1n) is 8.25. The number of benzene rings is 2. The molecule has 2 heterocycles. The highest BCUT2D eigenvalue weighted by molar-refractivity contribution is 7.90. The second-order valence-corrected chi connectivity index (χ2v) is 11.1. The lowest BCUT2D eigenvalue weighted by atomic mass is 10.2. The molecule has 0 aliphatic carbocycles. The fourth-order valence-electron chi connectivity index (χ4n) is 2.47. The standard InChI is InChI=1S/C18H12Cl2N4O2S3/c19-13-5-1-11(2-6-13)17-23-21-15(27-17)9-29(25,26)10-16-22-24-18(28-16)12-3-7-14(20)8-4-12/h1-8H,9-10H2. The Hall–Kier alpha value is -1.91. The average molecular weight is 483 g/mol. The molecule has 0 fully saturated rings. The maximum absolute atomic E-state index is 12.6. The number of sulfone groups is 1. The van der Waals surface area contributed by atoms with Gasteiger partial charge in [0.15, 0.2) is 9.84 Å². The van der Waals surface area contributed by atoms with Crippen molar-refractivity contribution in [1.29, 1.82) is 0 Å². The Kier molecular flexibility index (Phi) is 5.93. The predicted molar refractivity (Wildman–Crippen MR) is 117 cm³/mol. The fourth-order valence-corrected chi connectivity index (χ4v) is 6.52. The summed E-state index contributed by atoms with van der Waals surface area (Å²) in [6.07, 6.45) is 0. The van der Waals surface area contributed by atoms with Gasteiger partial charge < -0.3 is 0 Å². The highest BCUT2D eigenvalue weighted by atomic mass is 35.5. The Morgan fingerprint density at radius 2 is 1.03 bits per heavy atom. The van der Waals surface area contributed by atoms with Crippen LogP contribution in [0.1, 0.15) is 10.0 Å². The van der Waals surface area contributed by atoms with Crippen LogP contribution in [0.3, 0.4) is 0 Å². The molecular weight excluding hydrogens is 471 g/mol. The van der Waals surface area contributed by atoms with E-state index in [4.69, 9.17) is 23.2 Å². The molecule has 0 saturated heterocycles. The molecule has 0 atom stereocenters. The highest BCUT2D eigenvalue weighted by Gasteiger charge is 2.20. The number of halogens is 2. The van der Waals surface area contributed by atoms with Gasteiger partial charge in [0.1, 0.15) is 31.5 Å². The van der Waals surface area contributed by atoms with Crippen LogP contribution in [0.15, 0.2) is 48.5 Å². The van der Waals surface area contributed by atoms with E-state index < -0.39 is 9.84 Å². The lowest BCUT2D eigenvalue weighted by Crippen LogP contribution is -2.07. The van der Waals surface area contributed by atoms with E-state index in [0.717, 1.165) is 11.1 Å². The summed E-state index contributed by atoms with van der Waals surface area (Å²) in [5.74, 6) is -0.401. The number of aromatic nitrogens is 4. The van der Waals surface area contributed by atoms with Crippen molar-refractivity contribution in [2.75, 3.05) is 0 Å². The molecule has 0 spiro atoms. The molecule has 2 aromatic carbocycles. The van der Waals surface area contributed by atoms with Gasteiger partial charge in [-0.2, -0.15) is 0 Å². The summed E-state index contributed by atoms with van der Waals surface area (Å²) in [4.78, 5) is 0. The van der Waals surface area contributed by atoms with Crippen molar-refractivity contribution in [3.8, 4) is 21.1 Å². The largest absolute Gasteiger partial charge is 0.228 e. The van der Waals surface area contributed by atoms with E-state index in [2.05, 4.69) is 20.4 Å². The van der Waals surface area contributed by atoms with Gasteiger partial charge >= 0.3 is 0 Å². The van der Waals surface area contributed by atoms with E-state index in [1.807, 2.05) is 24.3 Å². The smallest absolute Gasteiger partial charge is 0.163 e. The van der Waals surface area contributed by atoms with Crippen molar-refractivity contribution in [2.45, 2.75) is 11.5 Å². The van der Waals surface area contributed by atoms with Crippen molar-refractivity contribution < 1.29 is 8.42 Å². The van der Waals surface area contributed by atoms with Crippen molar-refractivity contribution in [1.82, 2.24) is 20.4 Å². The van der Waals surface area contributed by atoms with Crippen LogP contribution in [0.25, 0.3) is 21.1 Å². The molecule has 0 amide bonds. The van der Waals surface area contributed by atoms with E-state index in [9.17, 15) is 8.42 Å². The molecule has 0 saturated carbocycles. The Morgan fingerprint density at radius 3 is 1.41 bits per heavy atom. The summed E-state index contributed by atoms with van der Waals surface area (Å²) in [5.41, 5.74) is 1.68. The summed E-state index contributed by atoms with van der Waals surface area (Å²) in [6, 6.07) is 14.3. The average Bonchev–Trinajstić information content (AvgIpc) is 3.32. The van der Waals surface area contributed by atoms with Gasteiger partial charge in [0.25, 0.3) is 0 Å². The Labute approximate surface area is 185 Å². The molecule has 11 heteroatoms. The maximum atomic E-state index is 12.6. The predicted octanol–water partition coefficient (Wildman–Crippen LogP) is 5.15. The van der Waals surface area contributed by atoms with Crippen LogP contribution in [0, 0.1) is 0 Å². The summed E-state index contributed by atoms with van der Waals surface area (Å²) in [7, 11) is -3.47. The van der Waals surface area contributed by atoms with Crippen molar-refractivity contribution in [2.24, 2.45) is 0 Å². The van der Waals surface area contributed by atoms with Crippen LogP contribution in [-0.4, -0.2) is 28.8 Å². The van der Waals surface area contributed by atoms with Gasteiger partial charge in [-0.15, -0.1) is 20.4 Å². The van der Waals surface area contributed by atoms with Crippen molar-refractivity contribution in [3.05, 3.63) is 68.6 Å². The summed E-state index contributed by atoms with van der Waals surface area (Å²) in [6.45, 7) is 0. The minimum Gasteiger partial charge on any atom is -0.228 e.